The Hall–Kier alpha value is -1.77. The van der Waals surface area contributed by atoms with Gasteiger partial charge in [0.05, 0.1) is 6.20 Å². The maximum atomic E-state index is 5.50. The van der Waals surface area contributed by atoms with Crippen LogP contribution in [0.3, 0.4) is 0 Å². The Morgan fingerprint density at radius 2 is 2.14 bits per heavy atom. The van der Waals surface area contributed by atoms with Crippen molar-refractivity contribution < 1.29 is 0 Å². The quantitative estimate of drug-likeness (QED) is 0.754. The topological polar surface area (TPSA) is 54.7 Å². The van der Waals surface area contributed by atoms with Gasteiger partial charge in [-0.05, 0) is 18.1 Å². The van der Waals surface area contributed by atoms with Gasteiger partial charge < -0.3 is 10.7 Å². The van der Waals surface area contributed by atoms with Crippen molar-refractivity contribution in [2.75, 3.05) is 5.73 Å². The highest BCUT2D eigenvalue weighted by atomic mass is 15.0. The first-order valence-corrected chi connectivity index (χ1v) is 4.59. The molecule has 0 atom stereocenters. The molecule has 0 bridgehead atoms. The number of rotatable bonds is 2. The van der Waals surface area contributed by atoms with Gasteiger partial charge in [-0.1, -0.05) is 24.3 Å². The molecule has 0 radical (unpaired) electrons. The normalized spacial score (nSPS) is 10.4. The fourth-order valence-electron chi connectivity index (χ4n) is 1.48. The van der Waals surface area contributed by atoms with E-state index in [2.05, 4.69) is 29.0 Å². The predicted molar refractivity (Wildman–Crippen MR) is 57.0 cm³/mol. The summed E-state index contributed by atoms with van der Waals surface area (Å²) in [6.07, 6.45) is 2.64. The Morgan fingerprint density at radius 3 is 2.79 bits per heavy atom. The summed E-state index contributed by atoms with van der Waals surface area (Å²) >= 11 is 0. The number of aryl methyl sites for hydroxylation is 1. The van der Waals surface area contributed by atoms with Crippen LogP contribution in [0.15, 0.2) is 30.5 Å². The summed E-state index contributed by atoms with van der Waals surface area (Å²) in [4.78, 5) is 6.98. The van der Waals surface area contributed by atoms with Crippen LogP contribution in [0.25, 0.3) is 0 Å². The second-order valence-electron chi connectivity index (χ2n) is 3.40. The van der Waals surface area contributed by atoms with Crippen LogP contribution in [-0.2, 0) is 6.42 Å². The smallest absolute Gasteiger partial charge is 0.197 e. The number of nitrogens with one attached hydrogen (secondary N) is 1. The van der Waals surface area contributed by atoms with E-state index in [1.165, 1.54) is 11.1 Å². The van der Waals surface area contributed by atoms with Crippen molar-refractivity contribution in [3.8, 4) is 0 Å². The Morgan fingerprint density at radius 1 is 1.36 bits per heavy atom. The van der Waals surface area contributed by atoms with Gasteiger partial charge in [0.1, 0.15) is 0 Å². The number of aromatic amines is 1. The molecular formula is C11H13N3. The lowest BCUT2D eigenvalue weighted by Crippen LogP contribution is -1.92. The standard InChI is InChI=1S/C11H13N3/c1-8-4-2-3-5-9(8)6-10-7-13-11(12)14-10/h2-5,7H,6H2,1H3,(H3,12,13,14). The maximum absolute atomic E-state index is 5.50. The summed E-state index contributed by atoms with van der Waals surface area (Å²) in [5, 5.41) is 0. The van der Waals surface area contributed by atoms with Crippen LogP contribution in [0, 0.1) is 6.92 Å². The SMILES string of the molecule is Cc1ccccc1Cc1cnc(N)[nH]1. The second kappa shape index (κ2) is 3.54. The summed E-state index contributed by atoms with van der Waals surface area (Å²) in [6.45, 7) is 2.11. The average Bonchev–Trinajstić information content (AvgIpc) is 2.56. The Balaban J connectivity index is 2.23. The van der Waals surface area contributed by atoms with Crippen molar-refractivity contribution in [1.82, 2.24) is 9.97 Å². The first-order valence-electron chi connectivity index (χ1n) is 4.59. The highest BCUT2D eigenvalue weighted by Gasteiger charge is 2.01. The predicted octanol–water partition coefficient (Wildman–Crippen LogP) is 1.89. The molecule has 1 aromatic carbocycles. The molecule has 3 N–H and O–H groups in total. The van der Waals surface area contributed by atoms with Crippen LogP contribution in [0.1, 0.15) is 16.8 Å². The first-order chi connectivity index (χ1) is 6.75. The molecule has 0 saturated carbocycles. The molecule has 0 aliphatic carbocycles. The molecule has 1 heterocycles. The van der Waals surface area contributed by atoms with E-state index in [-0.39, 0.29) is 0 Å². The largest absolute Gasteiger partial charge is 0.369 e. The molecule has 0 unspecified atom stereocenters. The highest BCUT2D eigenvalue weighted by molar-refractivity contribution is 5.30. The minimum absolute atomic E-state index is 0.480. The number of anilines is 1. The van der Waals surface area contributed by atoms with Gasteiger partial charge in [-0.25, -0.2) is 4.98 Å². The number of hydrogen-bond donors (Lipinski definition) is 2. The molecule has 0 aliphatic heterocycles. The molecule has 0 fully saturated rings. The molecule has 2 aromatic rings. The number of nitrogens with zero attached hydrogens (tertiary/aromatic N) is 1. The van der Waals surface area contributed by atoms with Gasteiger partial charge in [-0.15, -0.1) is 0 Å². The lowest BCUT2D eigenvalue weighted by atomic mass is 10.0. The zero-order valence-corrected chi connectivity index (χ0v) is 8.12. The van der Waals surface area contributed by atoms with E-state index < -0.39 is 0 Å². The number of H-pyrrole nitrogens is 1. The van der Waals surface area contributed by atoms with Crippen LogP contribution in [0.4, 0.5) is 5.95 Å². The number of benzene rings is 1. The van der Waals surface area contributed by atoms with Gasteiger partial charge >= 0.3 is 0 Å². The third-order valence-electron chi connectivity index (χ3n) is 2.29. The molecule has 0 amide bonds. The highest BCUT2D eigenvalue weighted by Crippen LogP contribution is 2.12. The first kappa shape index (κ1) is 8.81. The summed E-state index contributed by atoms with van der Waals surface area (Å²) < 4.78 is 0. The maximum Gasteiger partial charge on any atom is 0.197 e. The molecule has 72 valence electrons. The molecule has 3 nitrogen and oxygen atoms in total. The molecule has 2 rings (SSSR count). The summed E-state index contributed by atoms with van der Waals surface area (Å²) in [5.41, 5.74) is 9.15. The lowest BCUT2D eigenvalue weighted by molar-refractivity contribution is 1.09. The monoisotopic (exact) mass is 187 g/mol. The van der Waals surface area contributed by atoms with E-state index >= 15 is 0 Å². The summed E-state index contributed by atoms with van der Waals surface area (Å²) in [5.74, 6) is 0.480. The lowest BCUT2D eigenvalue weighted by Gasteiger charge is -2.02. The van der Waals surface area contributed by atoms with Crippen LogP contribution in [0.2, 0.25) is 0 Å². The van der Waals surface area contributed by atoms with E-state index in [0.717, 1.165) is 12.1 Å². The van der Waals surface area contributed by atoms with Crippen LogP contribution >= 0.6 is 0 Å². The van der Waals surface area contributed by atoms with E-state index in [4.69, 9.17) is 5.73 Å². The molecule has 14 heavy (non-hydrogen) atoms. The van der Waals surface area contributed by atoms with E-state index in [9.17, 15) is 0 Å². The van der Waals surface area contributed by atoms with Gasteiger partial charge in [-0.3, -0.25) is 0 Å². The average molecular weight is 187 g/mol. The number of imidazole rings is 1. The van der Waals surface area contributed by atoms with Gasteiger partial charge in [0.2, 0.25) is 0 Å². The fourth-order valence-corrected chi connectivity index (χ4v) is 1.48. The number of hydrogen-bond acceptors (Lipinski definition) is 2. The van der Waals surface area contributed by atoms with Crippen molar-refractivity contribution >= 4 is 5.95 Å². The third kappa shape index (κ3) is 1.76. The molecule has 3 heteroatoms. The number of nitrogen functional groups attached to an aromatic ring is 1. The number of nitrogens with two attached hydrogens (primary N) is 1. The van der Waals surface area contributed by atoms with Gasteiger partial charge in [0, 0.05) is 12.1 Å². The number of aromatic nitrogens is 2. The Labute approximate surface area is 83.0 Å². The minimum Gasteiger partial charge on any atom is -0.369 e. The van der Waals surface area contributed by atoms with Gasteiger partial charge in [0.25, 0.3) is 0 Å². The van der Waals surface area contributed by atoms with E-state index in [0.29, 0.717) is 5.95 Å². The summed E-state index contributed by atoms with van der Waals surface area (Å²) in [6, 6.07) is 8.31. The van der Waals surface area contributed by atoms with E-state index in [1.54, 1.807) is 6.20 Å². The zero-order chi connectivity index (χ0) is 9.97. The van der Waals surface area contributed by atoms with Crippen molar-refractivity contribution in [2.45, 2.75) is 13.3 Å². The van der Waals surface area contributed by atoms with Gasteiger partial charge in [0.15, 0.2) is 5.95 Å². The van der Waals surface area contributed by atoms with Crippen LogP contribution < -0.4 is 5.73 Å². The zero-order valence-electron chi connectivity index (χ0n) is 8.12. The van der Waals surface area contributed by atoms with E-state index in [1.807, 2.05) is 12.1 Å². The molecule has 0 aliphatic rings. The van der Waals surface area contributed by atoms with Crippen molar-refractivity contribution in [3.05, 3.63) is 47.3 Å². The molecular weight excluding hydrogens is 174 g/mol. The van der Waals surface area contributed by atoms with Crippen molar-refractivity contribution in [3.63, 3.8) is 0 Å². The third-order valence-corrected chi connectivity index (χ3v) is 2.29. The molecule has 1 aromatic heterocycles. The van der Waals surface area contributed by atoms with Crippen LogP contribution in [-0.4, -0.2) is 9.97 Å². The fraction of sp³-hybridized carbons (Fsp3) is 0.182. The van der Waals surface area contributed by atoms with Crippen molar-refractivity contribution in [1.29, 1.82) is 0 Å². The van der Waals surface area contributed by atoms with Gasteiger partial charge in [-0.2, -0.15) is 0 Å². The second-order valence-corrected chi connectivity index (χ2v) is 3.40. The minimum atomic E-state index is 0.480. The van der Waals surface area contributed by atoms with Crippen molar-refractivity contribution in [2.24, 2.45) is 0 Å². The summed E-state index contributed by atoms with van der Waals surface area (Å²) in [7, 11) is 0. The Bertz CT molecular complexity index is 432. The molecule has 0 saturated heterocycles. The van der Waals surface area contributed by atoms with Crippen LogP contribution in [0.5, 0.6) is 0 Å². The Kier molecular flexibility index (Phi) is 2.23. The molecule has 0 spiro atoms.